The number of hydrogen-bond acceptors (Lipinski definition) is 2. The van der Waals surface area contributed by atoms with E-state index in [-0.39, 0.29) is 6.04 Å². The summed E-state index contributed by atoms with van der Waals surface area (Å²) in [5.74, 6) is 0. The summed E-state index contributed by atoms with van der Waals surface area (Å²) in [6, 6.07) is 6.99. The van der Waals surface area contributed by atoms with Crippen LogP contribution in [0.15, 0.2) is 28.1 Å². The number of benzene rings is 1. The van der Waals surface area contributed by atoms with Gasteiger partial charge in [-0.3, -0.25) is 0 Å². The fourth-order valence-electron chi connectivity index (χ4n) is 2.28. The fraction of sp³-hybridized carbons (Fsp3) is 0.333. The van der Waals surface area contributed by atoms with E-state index in [1.54, 1.807) is 0 Å². The Bertz CT molecular complexity index is 536. The van der Waals surface area contributed by atoms with Gasteiger partial charge in [0.05, 0.1) is 6.04 Å². The van der Waals surface area contributed by atoms with E-state index in [9.17, 15) is 0 Å². The number of aryl methyl sites for hydroxylation is 3. The zero-order chi connectivity index (χ0) is 13.3. The normalized spacial score (nSPS) is 12.7. The van der Waals surface area contributed by atoms with Gasteiger partial charge in [-0.25, -0.2) is 0 Å². The van der Waals surface area contributed by atoms with Crippen molar-refractivity contribution in [1.29, 1.82) is 0 Å². The Labute approximate surface area is 121 Å². The Morgan fingerprint density at radius 1 is 1.11 bits per heavy atom. The molecule has 0 saturated carbocycles. The highest BCUT2D eigenvalue weighted by Gasteiger charge is 2.17. The van der Waals surface area contributed by atoms with E-state index in [2.05, 4.69) is 65.6 Å². The average Bonchev–Trinajstić information content (AvgIpc) is 2.74. The summed E-state index contributed by atoms with van der Waals surface area (Å²) in [5, 5.41) is 5.59. The van der Waals surface area contributed by atoms with E-state index in [1.807, 2.05) is 18.4 Å². The van der Waals surface area contributed by atoms with Crippen LogP contribution in [-0.2, 0) is 0 Å². The molecule has 2 aromatic rings. The number of nitrogens with one attached hydrogen (secondary N) is 1. The molecule has 0 amide bonds. The lowest BCUT2D eigenvalue weighted by Gasteiger charge is -2.18. The van der Waals surface area contributed by atoms with Crippen molar-refractivity contribution in [2.24, 2.45) is 0 Å². The quantitative estimate of drug-likeness (QED) is 0.859. The van der Waals surface area contributed by atoms with Crippen LogP contribution >= 0.6 is 27.3 Å². The molecule has 3 heteroatoms. The van der Waals surface area contributed by atoms with Crippen LogP contribution in [0, 0.1) is 20.8 Å². The number of hydrogen-bond donors (Lipinski definition) is 1. The highest BCUT2D eigenvalue weighted by molar-refractivity contribution is 9.10. The first-order valence-corrected chi connectivity index (χ1v) is 7.69. The summed E-state index contributed by atoms with van der Waals surface area (Å²) in [6.45, 7) is 6.47. The van der Waals surface area contributed by atoms with Crippen molar-refractivity contribution < 1.29 is 0 Å². The molecule has 0 aliphatic rings. The molecule has 1 aromatic heterocycles. The van der Waals surface area contributed by atoms with Crippen molar-refractivity contribution in [2.45, 2.75) is 26.8 Å². The molecule has 0 spiro atoms. The van der Waals surface area contributed by atoms with Crippen LogP contribution in [0.1, 0.15) is 33.2 Å². The maximum atomic E-state index is 3.63. The SMILES string of the molecule is CNC(c1cc(C)c(Br)c(C)c1)c1sccc1C. The fourth-order valence-corrected chi connectivity index (χ4v) is 3.57. The van der Waals surface area contributed by atoms with Gasteiger partial charge in [-0.15, -0.1) is 11.3 Å². The summed E-state index contributed by atoms with van der Waals surface area (Å²) >= 11 is 5.45. The van der Waals surface area contributed by atoms with Crippen molar-refractivity contribution in [3.63, 3.8) is 0 Å². The van der Waals surface area contributed by atoms with Gasteiger partial charge in [0, 0.05) is 9.35 Å². The van der Waals surface area contributed by atoms with Gasteiger partial charge in [0.15, 0.2) is 0 Å². The number of rotatable bonds is 3. The van der Waals surface area contributed by atoms with Gasteiger partial charge >= 0.3 is 0 Å². The summed E-state index contributed by atoms with van der Waals surface area (Å²) in [7, 11) is 2.02. The summed E-state index contributed by atoms with van der Waals surface area (Å²) in [5.41, 5.74) is 5.28. The van der Waals surface area contributed by atoms with Crippen molar-refractivity contribution in [1.82, 2.24) is 5.32 Å². The van der Waals surface area contributed by atoms with Crippen molar-refractivity contribution in [3.8, 4) is 0 Å². The molecule has 1 aromatic carbocycles. The minimum Gasteiger partial charge on any atom is -0.309 e. The molecular weight excluding hydrogens is 306 g/mol. The van der Waals surface area contributed by atoms with E-state index >= 15 is 0 Å². The Hall–Kier alpha value is -0.640. The average molecular weight is 324 g/mol. The molecular formula is C15H18BrNS. The largest absolute Gasteiger partial charge is 0.309 e. The lowest BCUT2D eigenvalue weighted by atomic mass is 9.99. The second-order valence-electron chi connectivity index (χ2n) is 4.66. The number of halogens is 1. The molecule has 0 aliphatic heterocycles. The van der Waals surface area contributed by atoms with Crippen LogP contribution in [0.3, 0.4) is 0 Å². The molecule has 1 unspecified atom stereocenters. The van der Waals surface area contributed by atoms with Gasteiger partial charge < -0.3 is 5.32 Å². The zero-order valence-electron chi connectivity index (χ0n) is 11.2. The molecule has 1 nitrogen and oxygen atoms in total. The summed E-state index contributed by atoms with van der Waals surface area (Å²) < 4.78 is 1.21. The van der Waals surface area contributed by atoms with E-state index in [0.29, 0.717) is 0 Å². The Morgan fingerprint density at radius 2 is 1.72 bits per heavy atom. The molecule has 0 saturated heterocycles. The second kappa shape index (κ2) is 5.55. The molecule has 0 aliphatic carbocycles. The highest BCUT2D eigenvalue weighted by Crippen LogP contribution is 2.32. The third kappa shape index (κ3) is 2.53. The summed E-state index contributed by atoms with van der Waals surface area (Å²) in [6.07, 6.45) is 0. The highest BCUT2D eigenvalue weighted by atomic mass is 79.9. The van der Waals surface area contributed by atoms with E-state index in [0.717, 1.165) is 0 Å². The van der Waals surface area contributed by atoms with Gasteiger partial charge in [-0.05, 0) is 61.5 Å². The van der Waals surface area contributed by atoms with E-state index in [1.165, 1.54) is 31.6 Å². The van der Waals surface area contributed by atoms with Gasteiger partial charge in [0.2, 0.25) is 0 Å². The molecule has 0 fully saturated rings. The first-order chi connectivity index (χ1) is 8.54. The van der Waals surface area contributed by atoms with Crippen molar-refractivity contribution in [2.75, 3.05) is 7.05 Å². The van der Waals surface area contributed by atoms with E-state index in [4.69, 9.17) is 0 Å². The standard InChI is InChI=1S/C15H18BrNS/c1-9-5-6-18-15(9)14(17-4)12-7-10(2)13(16)11(3)8-12/h5-8,14,17H,1-4H3. The van der Waals surface area contributed by atoms with E-state index < -0.39 is 0 Å². The molecule has 96 valence electrons. The van der Waals surface area contributed by atoms with Crippen LogP contribution in [0.4, 0.5) is 0 Å². The maximum Gasteiger partial charge on any atom is 0.0671 e. The van der Waals surface area contributed by atoms with Crippen LogP contribution in [0.25, 0.3) is 0 Å². The summed E-state index contributed by atoms with van der Waals surface area (Å²) in [4.78, 5) is 1.40. The monoisotopic (exact) mass is 323 g/mol. The van der Waals surface area contributed by atoms with Crippen LogP contribution in [0.2, 0.25) is 0 Å². The van der Waals surface area contributed by atoms with Crippen LogP contribution < -0.4 is 5.32 Å². The molecule has 1 heterocycles. The first kappa shape index (κ1) is 13.8. The molecule has 2 rings (SSSR count). The predicted molar refractivity (Wildman–Crippen MR) is 83.6 cm³/mol. The lowest BCUT2D eigenvalue weighted by Crippen LogP contribution is -2.17. The minimum absolute atomic E-state index is 0.287. The topological polar surface area (TPSA) is 12.0 Å². The van der Waals surface area contributed by atoms with Gasteiger partial charge in [0.25, 0.3) is 0 Å². The smallest absolute Gasteiger partial charge is 0.0671 e. The predicted octanol–water partition coefficient (Wildman–Crippen LogP) is 4.74. The van der Waals surface area contributed by atoms with Crippen LogP contribution in [-0.4, -0.2) is 7.05 Å². The van der Waals surface area contributed by atoms with Gasteiger partial charge in [0.1, 0.15) is 0 Å². The van der Waals surface area contributed by atoms with Crippen LogP contribution in [0.5, 0.6) is 0 Å². The first-order valence-electron chi connectivity index (χ1n) is 6.02. The van der Waals surface area contributed by atoms with Gasteiger partial charge in [-0.2, -0.15) is 0 Å². The Kier molecular flexibility index (Phi) is 4.25. The maximum absolute atomic E-state index is 3.63. The van der Waals surface area contributed by atoms with Crippen molar-refractivity contribution >= 4 is 27.3 Å². The minimum atomic E-state index is 0.287. The Balaban J connectivity index is 2.49. The van der Waals surface area contributed by atoms with Crippen molar-refractivity contribution in [3.05, 3.63) is 55.2 Å². The third-order valence-corrected chi connectivity index (χ3v) is 5.58. The molecule has 1 atom stereocenters. The third-order valence-electron chi connectivity index (χ3n) is 3.24. The van der Waals surface area contributed by atoms with Gasteiger partial charge in [-0.1, -0.05) is 28.1 Å². The Morgan fingerprint density at radius 3 is 2.17 bits per heavy atom. The molecule has 18 heavy (non-hydrogen) atoms. The molecule has 0 radical (unpaired) electrons. The molecule has 1 N–H and O–H groups in total. The second-order valence-corrected chi connectivity index (χ2v) is 6.40. The number of thiophene rings is 1. The molecule has 0 bridgehead atoms. The lowest BCUT2D eigenvalue weighted by molar-refractivity contribution is 0.699. The zero-order valence-corrected chi connectivity index (χ0v) is 13.6.